The minimum absolute atomic E-state index is 0.0671. The molecule has 0 radical (unpaired) electrons. The Bertz CT molecular complexity index is 400. The van der Waals surface area contributed by atoms with Gasteiger partial charge in [0.1, 0.15) is 0 Å². The normalized spacial score (nSPS) is 31.6. The van der Waals surface area contributed by atoms with Gasteiger partial charge in [-0.05, 0) is 25.3 Å². The van der Waals surface area contributed by atoms with Crippen LogP contribution in [0.4, 0.5) is 0 Å². The molecule has 0 amide bonds. The van der Waals surface area contributed by atoms with Gasteiger partial charge in [0.2, 0.25) is 0 Å². The molecule has 3 heteroatoms. The monoisotopic (exact) mass is 276 g/mol. The molecule has 3 nitrogen and oxygen atoms in total. The van der Waals surface area contributed by atoms with Crippen LogP contribution < -0.4 is 11.1 Å². The number of nitrogens with one attached hydrogen (secondary N) is 1. The molecule has 0 fully saturated rings. The average molecular weight is 276 g/mol. The highest BCUT2D eigenvalue weighted by molar-refractivity contribution is 5.37. The van der Waals surface area contributed by atoms with Crippen LogP contribution in [0.15, 0.2) is 36.0 Å². The molecular formula is C17H28N2O. The first-order valence-corrected chi connectivity index (χ1v) is 7.88. The number of fused-ring (bicyclic) bond motifs is 1. The molecule has 0 heterocycles. The minimum Gasteiger partial charge on any atom is -0.392 e. The highest BCUT2D eigenvalue weighted by Crippen LogP contribution is 2.30. The number of hydrogen-bond acceptors (Lipinski definition) is 3. The number of rotatable bonds is 6. The zero-order valence-corrected chi connectivity index (χ0v) is 12.6. The van der Waals surface area contributed by atoms with E-state index in [0.29, 0.717) is 12.0 Å². The van der Waals surface area contributed by atoms with Gasteiger partial charge in [-0.1, -0.05) is 50.1 Å². The quantitative estimate of drug-likeness (QED) is 0.697. The van der Waals surface area contributed by atoms with Gasteiger partial charge in [0.05, 0.1) is 6.10 Å². The second-order valence-electron chi connectivity index (χ2n) is 6.06. The van der Waals surface area contributed by atoms with Gasteiger partial charge >= 0.3 is 0 Å². The van der Waals surface area contributed by atoms with E-state index in [2.05, 4.69) is 43.5 Å². The van der Waals surface area contributed by atoms with E-state index < -0.39 is 0 Å². The number of aliphatic hydroxyl groups is 1. The summed E-state index contributed by atoms with van der Waals surface area (Å²) < 4.78 is 0. The fraction of sp³-hybridized carbons (Fsp3) is 0.647. The Hall–Kier alpha value is -0.900. The summed E-state index contributed by atoms with van der Waals surface area (Å²) >= 11 is 0. The Balaban J connectivity index is 1.97. The lowest BCUT2D eigenvalue weighted by atomic mass is 9.77. The topological polar surface area (TPSA) is 58.3 Å². The lowest BCUT2D eigenvalue weighted by Crippen LogP contribution is -2.52. The smallest absolute Gasteiger partial charge is 0.0690 e. The lowest BCUT2D eigenvalue weighted by molar-refractivity contribution is 0.111. The van der Waals surface area contributed by atoms with Crippen molar-refractivity contribution in [3.63, 3.8) is 0 Å². The van der Waals surface area contributed by atoms with Crippen molar-refractivity contribution in [3.05, 3.63) is 36.0 Å². The van der Waals surface area contributed by atoms with Crippen LogP contribution in [-0.2, 0) is 0 Å². The molecule has 0 bridgehead atoms. The summed E-state index contributed by atoms with van der Waals surface area (Å²) in [5.41, 5.74) is 7.55. The van der Waals surface area contributed by atoms with Crippen LogP contribution in [0, 0.1) is 5.92 Å². The Morgan fingerprint density at radius 2 is 2.30 bits per heavy atom. The first-order chi connectivity index (χ1) is 9.63. The predicted octanol–water partition coefficient (Wildman–Crippen LogP) is 2.28. The maximum atomic E-state index is 10.2. The van der Waals surface area contributed by atoms with Crippen molar-refractivity contribution >= 4 is 0 Å². The molecule has 5 atom stereocenters. The Morgan fingerprint density at radius 1 is 1.50 bits per heavy atom. The molecule has 112 valence electrons. The fourth-order valence-corrected chi connectivity index (χ4v) is 3.20. The highest BCUT2D eigenvalue weighted by atomic mass is 16.3. The summed E-state index contributed by atoms with van der Waals surface area (Å²) in [5, 5.41) is 13.8. The van der Waals surface area contributed by atoms with Crippen molar-refractivity contribution in [1.82, 2.24) is 5.32 Å². The van der Waals surface area contributed by atoms with Crippen molar-refractivity contribution in [2.75, 3.05) is 0 Å². The van der Waals surface area contributed by atoms with Crippen LogP contribution in [0.5, 0.6) is 0 Å². The standard InChI is InChI=1S/C17H28N2O/c1-3-4-11-16(20)12(2)19-15-10-6-8-13-7-5-9-14(18)17(13)15/h5-9,12,14-17,19-20H,3-4,10-11,18H2,1-2H3. The predicted molar refractivity (Wildman–Crippen MR) is 84.4 cm³/mol. The maximum Gasteiger partial charge on any atom is 0.0690 e. The summed E-state index contributed by atoms with van der Waals surface area (Å²) in [6.45, 7) is 4.23. The van der Waals surface area contributed by atoms with Crippen molar-refractivity contribution in [2.24, 2.45) is 11.7 Å². The Labute approximate surface area is 122 Å². The van der Waals surface area contributed by atoms with Gasteiger partial charge in [-0.3, -0.25) is 0 Å². The second kappa shape index (κ2) is 7.21. The zero-order valence-electron chi connectivity index (χ0n) is 12.6. The molecule has 0 saturated heterocycles. The molecule has 0 aromatic carbocycles. The van der Waals surface area contributed by atoms with Gasteiger partial charge in [0.25, 0.3) is 0 Å². The number of hydrogen-bond donors (Lipinski definition) is 3. The van der Waals surface area contributed by atoms with Crippen LogP contribution in [0.25, 0.3) is 0 Å². The summed E-state index contributed by atoms with van der Waals surface area (Å²) in [5.74, 6) is 0.325. The zero-order chi connectivity index (χ0) is 14.5. The van der Waals surface area contributed by atoms with E-state index in [-0.39, 0.29) is 18.2 Å². The van der Waals surface area contributed by atoms with Crippen LogP contribution in [0.1, 0.15) is 39.5 Å². The molecule has 0 aromatic rings. The molecule has 2 aliphatic carbocycles. The molecule has 2 rings (SSSR count). The highest BCUT2D eigenvalue weighted by Gasteiger charge is 2.32. The van der Waals surface area contributed by atoms with E-state index in [1.807, 2.05) is 6.08 Å². The molecule has 0 saturated carbocycles. The lowest BCUT2D eigenvalue weighted by Gasteiger charge is -2.38. The van der Waals surface area contributed by atoms with E-state index in [1.165, 1.54) is 5.57 Å². The summed E-state index contributed by atoms with van der Waals surface area (Å²) in [4.78, 5) is 0. The summed E-state index contributed by atoms with van der Waals surface area (Å²) in [7, 11) is 0. The number of nitrogens with two attached hydrogens (primary N) is 1. The molecule has 20 heavy (non-hydrogen) atoms. The summed E-state index contributed by atoms with van der Waals surface area (Å²) in [6, 6.07) is 0.493. The minimum atomic E-state index is -0.274. The van der Waals surface area contributed by atoms with E-state index in [1.54, 1.807) is 0 Å². The van der Waals surface area contributed by atoms with Gasteiger partial charge in [-0.2, -0.15) is 0 Å². The van der Waals surface area contributed by atoms with Gasteiger partial charge in [0, 0.05) is 24.0 Å². The van der Waals surface area contributed by atoms with E-state index in [4.69, 9.17) is 5.73 Å². The third-order valence-electron chi connectivity index (χ3n) is 4.46. The molecule has 0 spiro atoms. The third-order valence-corrected chi connectivity index (χ3v) is 4.46. The van der Waals surface area contributed by atoms with Gasteiger partial charge in [-0.25, -0.2) is 0 Å². The van der Waals surface area contributed by atoms with Crippen molar-refractivity contribution in [2.45, 2.75) is 63.8 Å². The van der Waals surface area contributed by atoms with Gasteiger partial charge in [0.15, 0.2) is 0 Å². The molecule has 0 aliphatic heterocycles. The average Bonchev–Trinajstić information content (AvgIpc) is 2.45. The molecule has 5 unspecified atom stereocenters. The molecular weight excluding hydrogens is 248 g/mol. The second-order valence-corrected chi connectivity index (χ2v) is 6.06. The number of allylic oxidation sites excluding steroid dienone is 3. The van der Waals surface area contributed by atoms with Gasteiger partial charge < -0.3 is 16.2 Å². The largest absolute Gasteiger partial charge is 0.392 e. The van der Waals surface area contributed by atoms with Crippen LogP contribution in [0.2, 0.25) is 0 Å². The van der Waals surface area contributed by atoms with E-state index >= 15 is 0 Å². The first kappa shape index (κ1) is 15.5. The fourth-order valence-electron chi connectivity index (χ4n) is 3.20. The van der Waals surface area contributed by atoms with E-state index in [0.717, 1.165) is 25.7 Å². The SMILES string of the molecule is CCCCC(O)C(C)NC1CC=CC2=CC=CC(N)C21. The van der Waals surface area contributed by atoms with Gasteiger partial charge in [-0.15, -0.1) is 0 Å². The first-order valence-electron chi connectivity index (χ1n) is 7.88. The molecule has 4 N–H and O–H groups in total. The molecule has 2 aliphatic rings. The van der Waals surface area contributed by atoms with Crippen molar-refractivity contribution in [1.29, 1.82) is 0 Å². The van der Waals surface area contributed by atoms with E-state index in [9.17, 15) is 5.11 Å². The van der Waals surface area contributed by atoms with Crippen molar-refractivity contribution in [3.8, 4) is 0 Å². The Kier molecular flexibility index (Phi) is 5.58. The van der Waals surface area contributed by atoms with Crippen LogP contribution in [-0.4, -0.2) is 29.3 Å². The maximum absolute atomic E-state index is 10.2. The number of aliphatic hydroxyl groups excluding tert-OH is 1. The van der Waals surface area contributed by atoms with Crippen LogP contribution >= 0.6 is 0 Å². The Morgan fingerprint density at radius 3 is 3.05 bits per heavy atom. The number of unbranched alkanes of at least 4 members (excludes halogenated alkanes) is 1. The van der Waals surface area contributed by atoms with Crippen molar-refractivity contribution < 1.29 is 5.11 Å². The third kappa shape index (κ3) is 3.60. The van der Waals surface area contributed by atoms with Crippen LogP contribution in [0.3, 0.4) is 0 Å². The summed E-state index contributed by atoms with van der Waals surface area (Å²) in [6.07, 6.45) is 14.4. The molecule has 0 aromatic heterocycles.